The summed E-state index contributed by atoms with van der Waals surface area (Å²) in [6.07, 6.45) is 2.67. The summed E-state index contributed by atoms with van der Waals surface area (Å²) in [7, 11) is 1.60. The van der Waals surface area contributed by atoms with Crippen LogP contribution in [0.15, 0.2) is 42.6 Å². The molecule has 2 heterocycles. The number of benzene rings is 2. The number of nitrogens with one attached hydrogen (secondary N) is 1. The SMILES string of the molecule is COc1cc(Cl)c(C)cc1Nc1nncc(N2c3ccccc3CC2C)n1. The molecule has 138 valence electrons. The first kappa shape index (κ1) is 17.5. The summed E-state index contributed by atoms with van der Waals surface area (Å²) in [6, 6.07) is 12.4. The Balaban J connectivity index is 1.68. The zero-order valence-electron chi connectivity index (χ0n) is 15.4. The van der Waals surface area contributed by atoms with Crippen LogP contribution in [-0.2, 0) is 6.42 Å². The van der Waals surface area contributed by atoms with Crippen LogP contribution in [0.25, 0.3) is 0 Å². The van der Waals surface area contributed by atoms with Crippen molar-refractivity contribution in [3.8, 4) is 5.75 Å². The van der Waals surface area contributed by atoms with Crippen molar-refractivity contribution in [3.05, 3.63) is 58.7 Å². The molecule has 0 aliphatic carbocycles. The second-order valence-electron chi connectivity index (χ2n) is 6.62. The molecule has 27 heavy (non-hydrogen) atoms. The molecule has 2 aromatic carbocycles. The van der Waals surface area contributed by atoms with Crippen molar-refractivity contribution < 1.29 is 4.74 Å². The summed E-state index contributed by atoms with van der Waals surface area (Å²) in [5.74, 6) is 1.79. The minimum atomic E-state index is 0.305. The van der Waals surface area contributed by atoms with Crippen LogP contribution in [0.2, 0.25) is 5.02 Å². The normalized spacial score (nSPS) is 15.6. The number of para-hydroxylation sites is 1. The highest BCUT2D eigenvalue weighted by Gasteiger charge is 2.28. The van der Waals surface area contributed by atoms with E-state index >= 15 is 0 Å². The molecule has 3 aromatic rings. The number of hydrogen-bond donors (Lipinski definition) is 1. The van der Waals surface area contributed by atoms with E-state index in [1.165, 1.54) is 5.56 Å². The topological polar surface area (TPSA) is 63.2 Å². The Morgan fingerprint density at radius 2 is 2.07 bits per heavy atom. The summed E-state index contributed by atoms with van der Waals surface area (Å²) in [6.45, 7) is 4.12. The highest BCUT2D eigenvalue weighted by molar-refractivity contribution is 6.31. The summed E-state index contributed by atoms with van der Waals surface area (Å²) in [5.41, 5.74) is 4.16. The van der Waals surface area contributed by atoms with E-state index in [2.05, 4.69) is 50.5 Å². The standard InChI is InChI=1S/C20H20ClN5O/c1-12-8-16(18(27-3)10-15(12)21)23-20-24-19(11-22-25-20)26-13(2)9-14-6-4-5-7-17(14)26/h4-8,10-11,13H,9H2,1-3H3,(H,23,24,25). The van der Waals surface area contributed by atoms with Gasteiger partial charge in [-0.3, -0.25) is 0 Å². The van der Waals surface area contributed by atoms with Gasteiger partial charge in [-0.05, 0) is 43.5 Å². The van der Waals surface area contributed by atoms with Gasteiger partial charge in [0, 0.05) is 22.8 Å². The monoisotopic (exact) mass is 381 g/mol. The number of fused-ring (bicyclic) bond motifs is 1. The molecule has 4 rings (SSSR count). The summed E-state index contributed by atoms with van der Waals surface area (Å²) < 4.78 is 5.41. The third-order valence-electron chi connectivity index (χ3n) is 4.73. The minimum absolute atomic E-state index is 0.305. The number of aryl methyl sites for hydroxylation is 1. The van der Waals surface area contributed by atoms with E-state index in [0.29, 0.717) is 22.8 Å². The van der Waals surface area contributed by atoms with Gasteiger partial charge in [-0.2, -0.15) is 10.1 Å². The molecule has 0 saturated carbocycles. The maximum Gasteiger partial charge on any atom is 0.249 e. The van der Waals surface area contributed by atoms with Crippen molar-refractivity contribution in [1.82, 2.24) is 15.2 Å². The number of hydrogen-bond acceptors (Lipinski definition) is 6. The zero-order chi connectivity index (χ0) is 19.0. The van der Waals surface area contributed by atoms with Crippen LogP contribution in [0.4, 0.5) is 23.1 Å². The van der Waals surface area contributed by atoms with Crippen LogP contribution in [-0.4, -0.2) is 28.3 Å². The fraction of sp³-hybridized carbons (Fsp3) is 0.250. The highest BCUT2D eigenvalue weighted by Crippen LogP contribution is 2.37. The van der Waals surface area contributed by atoms with Gasteiger partial charge in [0.2, 0.25) is 5.95 Å². The molecule has 1 unspecified atom stereocenters. The number of nitrogens with zero attached hydrogens (tertiary/aromatic N) is 4. The number of rotatable bonds is 4. The predicted molar refractivity (Wildman–Crippen MR) is 108 cm³/mol. The molecule has 1 N–H and O–H groups in total. The average Bonchev–Trinajstić information content (AvgIpc) is 3.00. The number of methoxy groups -OCH3 is 1. The van der Waals surface area contributed by atoms with E-state index in [9.17, 15) is 0 Å². The van der Waals surface area contributed by atoms with Crippen LogP contribution < -0.4 is 15.0 Å². The second kappa shape index (κ2) is 7.04. The van der Waals surface area contributed by atoms with Crippen molar-refractivity contribution in [1.29, 1.82) is 0 Å². The van der Waals surface area contributed by atoms with Gasteiger partial charge in [0.15, 0.2) is 5.82 Å². The summed E-state index contributed by atoms with van der Waals surface area (Å²) in [4.78, 5) is 6.87. The highest BCUT2D eigenvalue weighted by atomic mass is 35.5. The first-order valence-corrected chi connectivity index (χ1v) is 9.12. The number of aromatic nitrogens is 3. The minimum Gasteiger partial charge on any atom is -0.495 e. The molecule has 7 heteroatoms. The molecule has 0 amide bonds. The fourth-order valence-corrected chi connectivity index (χ4v) is 3.58. The Bertz CT molecular complexity index is 994. The second-order valence-corrected chi connectivity index (χ2v) is 7.02. The van der Waals surface area contributed by atoms with Gasteiger partial charge in [0.25, 0.3) is 0 Å². The lowest BCUT2D eigenvalue weighted by molar-refractivity contribution is 0.416. The quantitative estimate of drug-likeness (QED) is 0.708. The molecule has 1 aliphatic rings. The molecule has 0 fully saturated rings. The van der Waals surface area contributed by atoms with Gasteiger partial charge in [-0.25, -0.2) is 0 Å². The van der Waals surface area contributed by atoms with Crippen molar-refractivity contribution >= 4 is 34.7 Å². The Hall–Kier alpha value is -2.86. The van der Waals surface area contributed by atoms with Crippen LogP contribution in [0.5, 0.6) is 5.75 Å². The molecular weight excluding hydrogens is 362 g/mol. The first-order valence-electron chi connectivity index (χ1n) is 8.75. The molecule has 1 aromatic heterocycles. The lowest BCUT2D eigenvalue weighted by Gasteiger charge is -2.23. The zero-order valence-corrected chi connectivity index (χ0v) is 16.2. The van der Waals surface area contributed by atoms with Gasteiger partial charge in [0.1, 0.15) is 5.75 Å². The van der Waals surface area contributed by atoms with Crippen molar-refractivity contribution in [2.45, 2.75) is 26.3 Å². The van der Waals surface area contributed by atoms with Crippen LogP contribution in [0.3, 0.4) is 0 Å². The van der Waals surface area contributed by atoms with Gasteiger partial charge in [-0.1, -0.05) is 29.8 Å². The van der Waals surface area contributed by atoms with E-state index in [0.717, 1.165) is 29.2 Å². The Labute approximate surface area is 163 Å². The summed E-state index contributed by atoms with van der Waals surface area (Å²) in [5, 5.41) is 12.1. The molecule has 6 nitrogen and oxygen atoms in total. The maximum atomic E-state index is 6.18. The van der Waals surface area contributed by atoms with E-state index in [-0.39, 0.29) is 0 Å². The van der Waals surface area contributed by atoms with Gasteiger partial charge >= 0.3 is 0 Å². The average molecular weight is 382 g/mol. The Morgan fingerprint density at radius 1 is 1.26 bits per heavy atom. The van der Waals surface area contributed by atoms with Crippen LogP contribution >= 0.6 is 11.6 Å². The number of halogens is 1. The lowest BCUT2D eigenvalue weighted by Crippen LogP contribution is -2.25. The van der Waals surface area contributed by atoms with E-state index < -0.39 is 0 Å². The Kier molecular flexibility index (Phi) is 4.58. The summed E-state index contributed by atoms with van der Waals surface area (Å²) >= 11 is 6.18. The molecule has 0 saturated heterocycles. The van der Waals surface area contributed by atoms with Gasteiger partial charge < -0.3 is 15.0 Å². The van der Waals surface area contributed by atoms with Crippen molar-refractivity contribution in [2.24, 2.45) is 0 Å². The predicted octanol–water partition coefficient (Wildman–Crippen LogP) is 4.67. The van der Waals surface area contributed by atoms with Crippen molar-refractivity contribution in [3.63, 3.8) is 0 Å². The smallest absolute Gasteiger partial charge is 0.249 e. The van der Waals surface area contributed by atoms with E-state index in [1.807, 2.05) is 19.1 Å². The largest absolute Gasteiger partial charge is 0.495 e. The Morgan fingerprint density at radius 3 is 2.89 bits per heavy atom. The molecule has 0 bridgehead atoms. The maximum absolute atomic E-state index is 6.18. The fourth-order valence-electron chi connectivity index (χ4n) is 3.43. The molecular formula is C20H20ClN5O. The number of ether oxygens (including phenoxy) is 1. The first-order chi connectivity index (χ1) is 13.1. The van der Waals surface area contributed by atoms with E-state index in [1.54, 1.807) is 19.4 Å². The molecule has 1 atom stereocenters. The van der Waals surface area contributed by atoms with Crippen LogP contribution in [0, 0.1) is 6.92 Å². The molecule has 0 spiro atoms. The molecule has 0 radical (unpaired) electrons. The third-order valence-corrected chi connectivity index (χ3v) is 5.13. The third kappa shape index (κ3) is 3.28. The number of anilines is 4. The molecule has 1 aliphatic heterocycles. The van der Waals surface area contributed by atoms with Gasteiger partial charge in [0.05, 0.1) is 19.0 Å². The van der Waals surface area contributed by atoms with Crippen LogP contribution in [0.1, 0.15) is 18.1 Å². The lowest BCUT2D eigenvalue weighted by atomic mass is 10.1. The van der Waals surface area contributed by atoms with Gasteiger partial charge in [-0.15, -0.1) is 5.10 Å². The van der Waals surface area contributed by atoms with E-state index in [4.69, 9.17) is 16.3 Å². The van der Waals surface area contributed by atoms with Crippen molar-refractivity contribution in [2.75, 3.05) is 17.3 Å².